The molecule has 3 aromatic rings. The summed E-state index contributed by atoms with van der Waals surface area (Å²) >= 11 is 0. The highest BCUT2D eigenvalue weighted by molar-refractivity contribution is 6.25. The zero-order valence-electron chi connectivity index (χ0n) is 16.9. The van der Waals surface area contributed by atoms with Crippen molar-refractivity contribution in [1.82, 2.24) is 4.90 Å². The molecule has 0 aliphatic carbocycles. The van der Waals surface area contributed by atoms with E-state index in [9.17, 15) is 19.2 Å². The second kappa shape index (κ2) is 8.39. The predicted octanol–water partition coefficient (Wildman–Crippen LogP) is 3.64. The van der Waals surface area contributed by atoms with Gasteiger partial charge in [0.25, 0.3) is 11.8 Å². The van der Waals surface area contributed by atoms with Crippen LogP contribution in [-0.2, 0) is 9.53 Å². The number of anilines is 1. The number of hydrogen-bond donors (Lipinski definition) is 1. The zero-order valence-corrected chi connectivity index (χ0v) is 16.9. The maximum atomic E-state index is 12.9. The molecule has 1 aliphatic rings. The van der Waals surface area contributed by atoms with Gasteiger partial charge in [-0.15, -0.1) is 0 Å². The number of amides is 3. The van der Waals surface area contributed by atoms with Gasteiger partial charge in [-0.2, -0.15) is 0 Å². The van der Waals surface area contributed by atoms with E-state index >= 15 is 0 Å². The first-order valence-corrected chi connectivity index (χ1v) is 9.86. The summed E-state index contributed by atoms with van der Waals surface area (Å²) in [7, 11) is 1.30. The SMILES string of the molecule is COC(=O)c1ccc(NC(=O)CCCN2C(=O)c3cccc4cccc(c34)C2=O)cc1. The molecule has 4 rings (SSSR count). The van der Waals surface area contributed by atoms with E-state index in [1.54, 1.807) is 48.5 Å². The number of imide groups is 1. The van der Waals surface area contributed by atoms with Crippen molar-refractivity contribution in [2.45, 2.75) is 12.8 Å². The molecular formula is C24H20N2O5. The second-order valence-corrected chi connectivity index (χ2v) is 7.19. The Labute approximate surface area is 178 Å². The number of methoxy groups -OCH3 is 1. The standard InChI is InChI=1S/C24H20N2O5/c1-31-24(30)16-10-12-17(13-11-16)25-20(27)9-4-14-26-22(28)18-7-2-5-15-6-3-8-19(21(15)18)23(26)29/h2-3,5-8,10-13H,4,9,14H2,1H3,(H,25,27). The molecule has 1 N–H and O–H groups in total. The van der Waals surface area contributed by atoms with E-state index < -0.39 is 5.97 Å². The molecule has 0 atom stereocenters. The van der Waals surface area contributed by atoms with Crippen LogP contribution in [0.1, 0.15) is 43.9 Å². The lowest BCUT2D eigenvalue weighted by atomic mass is 9.94. The molecule has 0 saturated carbocycles. The third kappa shape index (κ3) is 3.90. The molecule has 7 nitrogen and oxygen atoms in total. The van der Waals surface area contributed by atoms with E-state index in [0.29, 0.717) is 34.2 Å². The van der Waals surface area contributed by atoms with Crippen LogP contribution in [0.15, 0.2) is 60.7 Å². The minimum atomic E-state index is -0.453. The lowest BCUT2D eigenvalue weighted by Crippen LogP contribution is -2.41. The van der Waals surface area contributed by atoms with Crippen LogP contribution in [0.5, 0.6) is 0 Å². The predicted molar refractivity (Wildman–Crippen MR) is 115 cm³/mol. The Morgan fingerprint density at radius 3 is 2.10 bits per heavy atom. The second-order valence-electron chi connectivity index (χ2n) is 7.19. The number of hydrogen-bond acceptors (Lipinski definition) is 5. The Kier molecular flexibility index (Phi) is 5.49. The van der Waals surface area contributed by atoms with E-state index in [4.69, 9.17) is 0 Å². The molecule has 0 fully saturated rings. The van der Waals surface area contributed by atoms with Gasteiger partial charge in [-0.25, -0.2) is 4.79 Å². The molecule has 3 aromatic carbocycles. The molecule has 0 bridgehead atoms. The number of carbonyl (C=O) groups excluding carboxylic acids is 4. The summed E-state index contributed by atoms with van der Waals surface area (Å²) in [5, 5.41) is 4.28. The fourth-order valence-electron chi connectivity index (χ4n) is 3.71. The molecule has 156 valence electrons. The minimum Gasteiger partial charge on any atom is -0.465 e. The Hall–Kier alpha value is -4.00. The van der Waals surface area contributed by atoms with Crippen molar-refractivity contribution in [2.24, 2.45) is 0 Å². The maximum Gasteiger partial charge on any atom is 0.337 e. The number of nitrogens with one attached hydrogen (secondary N) is 1. The Bertz CT molecular complexity index is 1150. The van der Waals surface area contributed by atoms with Gasteiger partial charge in [0.15, 0.2) is 0 Å². The molecule has 0 aromatic heterocycles. The fourth-order valence-corrected chi connectivity index (χ4v) is 3.71. The molecule has 1 heterocycles. The van der Waals surface area contributed by atoms with Crippen LogP contribution < -0.4 is 5.32 Å². The molecular weight excluding hydrogens is 396 g/mol. The summed E-state index contributed by atoms with van der Waals surface area (Å²) in [5.74, 6) is -1.38. The van der Waals surface area contributed by atoms with E-state index in [0.717, 1.165) is 5.39 Å². The highest BCUT2D eigenvalue weighted by Gasteiger charge is 2.32. The molecule has 31 heavy (non-hydrogen) atoms. The van der Waals surface area contributed by atoms with E-state index in [-0.39, 0.29) is 30.7 Å². The maximum absolute atomic E-state index is 12.9. The summed E-state index contributed by atoms with van der Waals surface area (Å²) < 4.78 is 4.64. The Morgan fingerprint density at radius 1 is 0.903 bits per heavy atom. The Balaban J connectivity index is 1.37. The molecule has 3 amide bonds. The smallest absolute Gasteiger partial charge is 0.337 e. The summed E-state index contributed by atoms with van der Waals surface area (Å²) in [6.07, 6.45) is 0.476. The number of benzene rings is 3. The minimum absolute atomic E-state index is 0.141. The van der Waals surface area contributed by atoms with Gasteiger partial charge in [-0.3, -0.25) is 19.3 Å². The first-order valence-electron chi connectivity index (χ1n) is 9.86. The first-order chi connectivity index (χ1) is 15.0. The zero-order chi connectivity index (χ0) is 22.0. The van der Waals surface area contributed by atoms with E-state index in [1.807, 2.05) is 12.1 Å². The van der Waals surface area contributed by atoms with Crippen molar-refractivity contribution in [2.75, 3.05) is 19.0 Å². The van der Waals surface area contributed by atoms with Crippen LogP contribution >= 0.6 is 0 Å². The first kappa shape index (κ1) is 20.3. The monoisotopic (exact) mass is 416 g/mol. The number of nitrogens with zero attached hydrogens (tertiary/aromatic N) is 1. The van der Waals surface area contributed by atoms with Crippen molar-refractivity contribution >= 4 is 40.2 Å². The highest BCUT2D eigenvalue weighted by Crippen LogP contribution is 2.30. The van der Waals surface area contributed by atoms with Gasteiger partial charge < -0.3 is 10.1 Å². The third-order valence-corrected chi connectivity index (χ3v) is 5.23. The van der Waals surface area contributed by atoms with Crippen molar-refractivity contribution in [3.05, 3.63) is 77.4 Å². The summed E-state index contributed by atoms with van der Waals surface area (Å²) in [5.41, 5.74) is 1.94. The molecule has 7 heteroatoms. The number of rotatable bonds is 6. The van der Waals surface area contributed by atoms with Gasteiger partial charge in [0, 0.05) is 35.2 Å². The van der Waals surface area contributed by atoms with Crippen LogP contribution in [-0.4, -0.2) is 42.2 Å². The number of ether oxygens (including phenoxy) is 1. The summed E-state index contributed by atoms with van der Waals surface area (Å²) in [6, 6.07) is 17.1. The van der Waals surface area contributed by atoms with Gasteiger partial charge in [0.2, 0.25) is 5.91 Å². The normalized spacial score (nSPS) is 12.7. The highest BCUT2D eigenvalue weighted by atomic mass is 16.5. The molecule has 1 aliphatic heterocycles. The lowest BCUT2D eigenvalue weighted by molar-refractivity contribution is -0.116. The van der Waals surface area contributed by atoms with Crippen LogP contribution in [0.3, 0.4) is 0 Å². The van der Waals surface area contributed by atoms with Crippen molar-refractivity contribution in [1.29, 1.82) is 0 Å². The summed E-state index contributed by atoms with van der Waals surface area (Å²) in [6.45, 7) is 0.150. The van der Waals surface area contributed by atoms with Gasteiger partial charge in [0.05, 0.1) is 12.7 Å². The van der Waals surface area contributed by atoms with Crippen molar-refractivity contribution in [3.63, 3.8) is 0 Å². The van der Waals surface area contributed by atoms with E-state index in [1.165, 1.54) is 12.0 Å². The van der Waals surface area contributed by atoms with Crippen LogP contribution in [0.4, 0.5) is 5.69 Å². The number of esters is 1. The summed E-state index contributed by atoms with van der Waals surface area (Å²) in [4.78, 5) is 50.6. The van der Waals surface area contributed by atoms with Crippen molar-refractivity contribution in [3.8, 4) is 0 Å². The average molecular weight is 416 g/mol. The molecule has 0 radical (unpaired) electrons. The lowest BCUT2D eigenvalue weighted by Gasteiger charge is -2.27. The largest absolute Gasteiger partial charge is 0.465 e. The molecule has 0 unspecified atom stereocenters. The van der Waals surface area contributed by atoms with Gasteiger partial charge in [-0.1, -0.05) is 24.3 Å². The average Bonchev–Trinajstić information content (AvgIpc) is 2.79. The van der Waals surface area contributed by atoms with E-state index in [2.05, 4.69) is 10.1 Å². The topological polar surface area (TPSA) is 92.8 Å². The van der Waals surface area contributed by atoms with Crippen LogP contribution in [0.25, 0.3) is 10.8 Å². The fraction of sp³-hybridized carbons (Fsp3) is 0.167. The quantitative estimate of drug-likeness (QED) is 0.489. The van der Waals surface area contributed by atoms with Gasteiger partial charge >= 0.3 is 5.97 Å². The van der Waals surface area contributed by atoms with Crippen LogP contribution in [0.2, 0.25) is 0 Å². The molecule has 0 saturated heterocycles. The molecule has 0 spiro atoms. The van der Waals surface area contributed by atoms with Crippen molar-refractivity contribution < 1.29 is 23.9 Å². The van der Waals surface area contributed by atoms with Crippen LogP contribution in [0, 0.1) is 0 Å². The van der Waals surface area contributed by atoms with Gasteiger partial charge in [0.1, 0.15) is 0 Å². The van der Waals surface area contributed by atoms with Gasteiger partial charge in [-0.05, 0) is 48.2 Å². The Morgan fingerprint density at radius 2 is 1.52 bits per heavy atom. The number of carbonyl (C=O) groups is 4. The third-order valence-electron chi connectivity index (χ3n) is 5.23.